The number of nitrogens with one attached hydrogen (secondary N) is 1. The van der Waals surface area contributed by atoms with Gasteiger partial charge in [0.1, 0.15) is 5.82 Å². The standard InChI is InChI=1S/C20H25FN2O3S/c1-6-15-9-7-8-14(4)19(15)22-20(24)17-12-16(10-11-18(17)21)27(25,26)23(5)13(2)3/h7-13H,6H2,1-5H3,(H,22,24). The third-order valence-corrected chi connectivity index (χ3v) is 6.59. The lowest BCUT2D eigenvalue weighted by molar-refractivity contribution is 0.102. The summed E-state index contributed by atoms with van der Waals surface area (Å²) in [7, 11) is -2.37. The van der Waals surface area contributed by atoms with Crippen LogP contribution in [-0.2, 0) is 16.4 Å². The molecule has 0 spiro atoms. The first kappa shape index (κ1) is 21.1. The number of hydrogen-bond donors (Lipinski definition) is 1. The summed E-state index contributed by atoms with van der Waals surface area (Å²) in [6.07, 6.45) is 0.702. The van der Waals surface area contributed by atoms with E-state index >= 15 is 0 Å². The van der Waals surface area contributed by atoms with E-state index in [1.165, 1.54) is 17.4 Å². The molecule has 0 unspecified atom stereocenters. The largest absolute Gasteiger partial charge is 0.321 e. The fourth-order valence-electron chi connectivity index (χ4n) is 2.67. The molecule has 0 aromatic heterocycles. The summed E-state index contributed by atoms with van der Waals surface area (Å²) < 4.78 is 40.8. The summed E-state index contributed by atoms with van der Waals surface area (Å²) in [5, 5.41) is 2.73. The van der Waals surface area contributed by atoms with E-state index in [0.717, 1.165) is 23.3 Å². The SMILES string of the molecule is CCc1cccc(C)c1NC(=O)c1cc(S(=O)(=O)N(C)C(C)C)ccc1F. The highest BCUT2D eigenvalue weighted by Gasteiger charge is 2.25. The predicted molar refractivity (Wildman–Crippen MR) is 105 cm³/mol. The highest BCUT2D eigenvalue weighted by atomic mass is 32.2. The van der Waals surface area contributed by atoms with Crippen molar-refractivity contribution in [1.82, 2.24) is 4.31 Å². The fraction of sp³-hybridized carbons (Fsp3) is 0.350. The molecule has 7 heteroatoms. The summed E-state index contributed by atoms with van der Waals surface area (Å²) in [6.45, 7) is 7.28. The minimum Gasteiger partial charge on any atom is -0.321 e. The first-order chi connectivity index (χ1) is 12.6. The van der Waals surface area contributed by atoms with E-state index in [1.807, 2.05) is 32.0 Å². The van der Waals surface area contributed by atoms with Crippen molar-refractivity contribution in [3.05, 3.63) is 58.9 Å². The van der Waals surface area contributed by atoms with Gasteiger partial charge in [-0.1, -0.05) is 25.1 Å². The van der Waals surface area contributed by atoms with Crippen molar-refractivity contribution >= 4 is 21.6 Å². The molecule has 0 saturated carbocycles. The molecule has 146 valence electrons. The fourth-order valence-corrected chi connectivity index (χ4v) is 4.06. The van der Waals surface area contributed by atoms with E-state index in [1.54, 1.807) is 13.8 Å². The summed E-state index contributed by atoms with van der Waals surface area (Å²) in [6, 6.07) is 8.62. The second-order valence-electron chi connectivity index (χ2n) is 6.67. The van der Waals surface area contributed by atoms with Gasteiger partial charge in [0.2, 0.25) is 10.0 Å². The Balaban J connectivity index is 2.44. The quantitative estimate of drug-likeness (QED) is 0.809. The van der Waals surface area contributed by atoms with Gasteiger partial charge in [-0.2, -0.15) is 4.31 Å². The minimum atomic E-state index is -3.82. The van der Waals surface area contributed by atoms with Crippen molar-refractivity contribution in [2.24, 2.45) is 0 Å². The summed E-state index contributed by atoms with van der Waals surface area (Å²) >= 11 is 0. The topological polar surface area (TPSA) is 66.5 Å². The van der Waals surface area contributed by atoms with Gasteiger partial charge in [0.15, 0.2) is 0 Å². The van der Waals surface area contributed by atoms with Crippen molar-refractivity contribution in [2.45, 2.75) is 45.1 Å². The molecule has 0 atom stereocenters. The number of sulfonamides is 1. The lowest BCUT2D eigenvalue weighted by Gasteiger charge is -2.21. The van der Waals surface area contributed by atoms with Crippen molar-refractivity contribution in [2.75, 3.05) is 12.4 Å². The first-order valence-corrected chi connectivity index (χ1v) is 10.2. The smallest absolute Gasteiger partial charge is 0.258 e. The van der Waals surface area contributed by atoms with Gasteiger partial charge < -0.3 is 5.32 Å². The van der Waals surface area contributed by atoms with Crippen LogP contribution in [0.1, 0.15) is 42.3 Å². The van der Waals surface area contributed by atoms with Crippen molar-refractivity contribution in [3.63, 3.8) is 0 Å². The molecule has 0 heterocycles. The van der Waals surface area contributed by atoms with Gasteiger partial charge in [-0.25, -0.2) is 12.8 Å². The number of carbonyl (C=O) groups is 1. The monoisotopic (exact) mass is 392 g/mol. The van der Waals surface area contributed by atoms with Gasteiger partial charge in [0.05, 0.1) is 10.5 Å². The molecule has 1 N–H and O–H groups in total. The molecule has 5 nitrogen and oxygen atoms in total. The van der Waals surface area contributed by atoms with Crippen LogP contribution in [0.2, 0.25) is 0 Å². The number of benzene rings is 2. The molecular weight excluding hydrogens is 367 g/mol. The van der Waals surface area contributed by atoms with Crippen molar-refractivity contribution in [1.29, 1.82) is 0 Å². The third kappa shape index (κ3) is 4.36. The Labute approximate surface area is 160 Å². The first-order valence-electron chi connectivity index (χ1n) is 8.77. The molecular formula is C20H25FN2O3S. The average molecular weight is 392 g/mol. The van der Waals surface area contributed by atoms with Crippen LogP contribution in [0.3, 0.4) is 0 Å². The number of amides is 1. The van der Waals surface area contributed by atoms with Gasteiger partial charge in [-0.3, -0.25) is 4.79 Å². The molecule has 0 aliphatic heterocycles. The Morgan fingerprint density at radius 1 is 1.22 bits per heavy atom. The molecule has 0 bridgehead atoms. The third-order valence-electron chi connectivity index (χ3n) is 4.57. The Bertz CT molecular complexity index is 956. The van der Waals surface area contributed by atoms with Crippen LogP contribution in [0.4, 0.5) is 10.1 Å². The lowest BCUT2D eigenvalue weighted by Crippen LogP contribution is -2.33. The van der Waals surface area contributed by atoms with E-state index in [9.17, 15) is 17.6 Å². The van der Waals surface area contributed by atoms with Crippen LogP contribution in [0.15, 0.2) is 41.3 Å². The predicted octanol–water partition coefficient (Wildman–Crippen LogP) is 3.98. The average Bonchev–Trinajstić information content (AvgIpc) is 2.62. The molecule has 0 radical (unpaired) electrons. The van der Waals surface area contributed by atoms with Crippen LogP contribution in [0, 0.1) is 12.7 Å². The summed E-state index contributed by atoms with van der Waals surface area (Å²) in [5.74, 6) is -1.45. The molecule has 2 aromatic carbocycles. The maximum atomic E-state index is 14.3. The number of carbonyl (C=O) groups excluding carboxylic acids is 1. The maximum absolute atomic E-state index is 14.3. The zero-order valence-corrected chi connectivity index (χ0v) is 17.0. The molecule has 2 rings (SSSR count). The second-order valence-corrected chi connectivity index (χ2v) is 8.67. The van der Waals surface area contributed by atoms with Gasteiger partial charge >= 0.3 is 0 Å². The van der Waals surface area contributed by atoms with Gasteiger partial charge in [0, 0.05) is 18.8 Å². The second kappa shape index (κ2) is 8.19. The summed E-state index contributed by atoms with van der Waals surface area (Å²) in [4.78, 5) is 12.6. The number of nitrogens with zero attached hydrogens (tertiary/aromatic N) is 1. The van der Waals surface area contributed by atoms with E-state index < -0.39 is 21.7 Å². The molecule has 0 saturated heterocycles. The van der Waals surface area contributed by atoms with Crippen LogP contribution in [0.5, 0.6) is 0 Å². The molecule has 27 heavy (non-hydrogen) atoms. The minimum absolute atomic E-state index is 0.120. The van der Waals surface area contributed by atoms with Crippen molar-refractivity contribution < 1.29 is 17.6 Å². The Morgan fingerprint density at radius 2 is 1.89 bits per heavy atom. The number of halogens is 1. The Hall–Kier alpha value is -2.25. The van der Waals surface area contributed by atoms with E-state index in [-0.39, 0.29) is 16.5 Å². The van der Waals surface area contributed by atoms with Crippen molar-refractivity contribution in [3.8, 4) is 0 Å². The highest BCUT2D eigenvalue weighted by Crippen LogP contribution is 2.24. The van der Waals surface area contributed by atoms with Crippen LogP contribution < -0.4 is 5.32 Å². The molecule has 0 aliphatic rings. The van der Waals surface area contributed by atoms with E-state index in [4.69, 9.17) is 0 Å². The van der Waals surface area contributed by atoms with Gasteiger partial charge in [0.25, 0.3) is 5.91 Å². The number of para-hydroxylation sites is 1. The molecule has 2 aromatic rings. The van der Waals surface area contributed by atoms with E-state index in [0.29, 0.717) is 12.1 Å². The Kier molecular flexibility index (Phi) is 6.38. The molecule has 0 aliphatic carbocycles. The Morgan fingerprint density at radius 3 is 2.48 bits per heavy atom. The zero-order valence-electron chi connectivity index (χ0n) is 16.2. The van der Waals surface area contributed by atoms with Gasteiger partial charge in [-0.15, -0.1) is 0 Å². The highest BCUT2D eigenvalue weighted by molar-refractivity contribution is 7.89. The van der Waals surface area contributed by atoms with Crippen LogP contribution in [-0.4, -0.2) is 31.7 Å². The van der Waals surface area contributed by atoms with E-state index in [2.05, 4.69) is 5.32 Å². The molecule has 0 fully saturated rings. The number of aryl methyl sites for hydroxylation is 2. The number of rotatable bonds is 6. The van der Waals surface area contributed by atoms with Gasteiger partial charge in [-0.05, 0) is 56.5 Å². The zero-order chi connectivity index (χ0) is 20.4. The summed E-state index contributed by atoms with van der Waals surface area (Å²) in [5.41, 5.74) is 2.09. The van der Waals surface area contributed by atoms with Crippen LogP contribution >= 0.6 is 0 Å². The maximum Gasteiger partial charge on any atom is 0.258 e. The number of anilines is 1. The lowest BCUT2D eigenvalue weighted by atomic mass is 10.1. The number of hydrogen-bond acceptors (Lipinski definition) is 3. The molecule has 1 amide bonds. The van der Waals surface area contributed by atoms with Crippen LogP contribution in [0.25, 0.3) is 0 Å². The normalized spacial score (nSPS) is 11.9.